The molecule has 1 atom stereocenters. The molecule has 0 aliphatic rings. The van der Waals surface area contributed by atoms with Crippen molar-refractivity contribution in [3.05, 3.63) is 29.8 Å². The highest BCUT2D eigenvalue weighted by Gasteiger charge is 2.13. The molecule has 0 aliphatic heterocycles. The Kier molecular flexibility index (Phi) is 5.65. The van der Waals surface area contributed by atoms with Gasteiger partial charge in [0.05, 0.1) is 6.61 Å². The molecule has 0 heterocycles. The Morgan fingerprint density at radius 1 is 1.28 bits per heavy atom. The van der Waals surface area contributed by atoms with E-state index in [2.05, 4.69) is 19.2 Å². The average Bonchev–Trinajstić information content (AvgIpc) is 2.34. The number of carbonyl (C=O) groups is 1. The van der Waals surface area contributed by atoms with Crippen LogP contribution in [0, 0.1) is 5.92 Å². The van der Waals surface area contributed by atoms with E-state index in [0.717, 1.165) is 11.3 Å². The van der Waals surface area contributed by atoms with Crippen molar-refractivity contribution < 1.29 is 9.53 Å². The Balaban J connectivity index is 2.34. The summed E-state index contributed by atoms with van der Waals surface area (Å²) in [6.45, 7) is 6.96. The molecule has 0 spiro atoms. The molecule has 1 unspecified atom stereocenters. The zero-order valence-corrected chi connectivity index (χ0v) is 11.3. The Hall–Kier alpha value is -1.55. The summed E-state index contributed by atoms with van der Waals surface area (Å²) in [5.41, 5.74) is 7.32. The van der Waals surface area contributed by atoms with Crippen LogP contribution < -0.4 is 11.1 Å². The molecule has 0 fully saturated rings. The Bertz CT molecular complexity index is 374. The minimum atomic E-state index is -0.443. The number of anilines is 1. The van der Waals surface area contributed by atoms with E-state index in [1.165, 1.54) is 0 Å². The maximum atomic E-state index is 11.7. The molecule has 3 N–H and O–H groups in total. The highest BCUT2D eigenvalue weighted by atomic mass is 16.5. The minimum absolute atomic E-state index is 0.0702. The summed E-state index contributed by atoms with van der Waals surface area (Å²) in [5.74, 6) is 0.373. The Morgan fingerprint density at radius 2 is 1.89 bits per heavy atom. The highest BCUT2D eigenvalue weighted by Crippen LogP contribution is 2.08. The number of hydrogen-bond donors (Lipinski definition) is 2. The average molecular weight is 250 g/mol. The molecule has 1 amide bonds. The van der Waals surface area contributed by atoms with Gasteiger partial charge in [-0.25, -0.2) is 0 Å². The Labute approximate surface area is 109 Å². The van der Waals surface area contributed by atoms with E-state index >= 15 is 0 Å². The molecule has 18 heavy (non-hydrogen) atoms. The second kappa shape index (κ2) is 7.01. The number of rotatable bonds is 6. The summed E-state index contributed by atoms with van der Waals surface area (Å²) >= 11 is 0. The van der Waals surface area contributed by atoms with Gasteiger partial charge in [-0.15, -0.1) is 0 Å². The summed E-state index contributed by atoms with van der Waals surface area (Å²) in [5, 5.41) is 2.84. The lowest BCUT2D eigenvalue weighted by atomic mass is 10.2. The number of carbonyl (C=O) groups excluding carboxylic acids is 1. The molecule has 4 heteroatoms. The van der Waals surface area contributed by atoms with Crippen LogP contribution in [0.2, 0.25) is 0 Å². The predicted octanol–water partition coefficient (Wildman–Crippen LogP) is 1.95. The topological polar surface area (TPSA) is 64.3 Å². The molecular formula is C14H22N2O2. The van der Waals surface area contributed by atoms with Gasteiger partial charge in [0.15, 0.2) is 0 Å². The van der Waals surface area contributed by atoms with Crippen molar-refractivity contribution in [1.29, 1.82) is 0 Å². The quantitative estimate of drug-likeness (QED) is 0.758. The summed E-state index contributed by atoms with van der Waals surface area (Å²) in [6.07, 6.45) is -0.443. The molecule has 100 valence electrons. The van der Waals surface area contributed by atoms with Crippen LogP contribution in [-0.4, -0.2) is 18.6 Å². The zero-order chi connectivity index (χ0) is 13.5. The minimum Gasteiger partial charge on any atom is -0.399 e. The van der Waals surface area contributed by atoms with Gasteiger partial charge in [0.2, 0.25) is 5.91 Å². The maximum absolute atomic E-state index is 11.7. The third-order valence-corrected chi connectivity index (χ3v) is 2.53. The van der Waals surface area contributed by atoms with Crippen molar-refractivity contribution in [2.75, 3.05) is 12.3 Å². The van der Waals surface area contributed by atoms with E-state index in [1.54, 1.807) is 6.92 Å². The van der Waals surface area contributed by atoms with Crippen LogP contribution in [0.5, 0.6) is 0 Å². The van der Waals surface area contributed by atoms with Crippen molar-refractivity contribution in [1.82, 2.24) is 5.32 Å². The summed E-state index contributed by atoms with van der Waals surface area (Å²) < 4.78 is 5.51. The fraction of sp³-hybridized carbons (Fsp3) is 0.500. The van der Waals surface area contributed by atoms with E-state index in [1.807, 2.05) is 24.3 Å². The molecule has 1 aromatic carbocycles. The van der Waals surface area contributed by atoms with Gasteiger partial charge in [0.1, 0.15) is 6.10 Å². The van der Waals surface area contributed by atoms with Crippen LogP contribution in [0.25, 0.3) is 0 Å². The van der Waals surface area contributed by atoms with E-state index in [4.69, 9.17) is 10.5 Å². The molecule has 0 saturated heterocycles. The van der Waals surface area contributed by atoms with Crippen LogP contribution in [0.1, 0.15) is 26.3 Å². The predicted molar refractivity (Wildman–Crippen MR) is 73.0 cm³/mol. The number of nitrogens with one attached hydrogen (secondary N) is 1. The van der Waals surface area contributed by atoms with Gasteiger partial charge >= 0.3 is 0 Å². The first-order valence-corrected chi connectivity index (χ1v) is 6.22. The van der Waals surface area contributed by atoms with E-state index in [-0.39, 0.29) is 5.91 Å². The van der Waals surface area contributed by atoms with E-state index < -0.39 is 6.10 Å². The van der Waals surface area contributed by atoms with Crippen molar-refractivity contribution in [3.8, 4) is 0 Å². The monoisotopic (exact) mass is 250 g/mol. The SMILES string of the molecule is CC(C)CNC(=O)C(C)OCc1ccc(N)cc1. The van der Waals surface area contributed by atoms with Crippen LogP contribution in [0.4, 0.5) is 5.69 Å². The Morgan fingerprint density at radius 3 is 2.44 bits per heavy atom. The molecule has 1 aromatic rings. The number of amides is 1. The van der Waals surface area contributed by atoms with Crippen molar-refractivity contribution >= 4 is 11.6 Å². The van der Waals surface area contributed by atoms with Gasteiger partial charge in [-0.1, -0.05) is 26.0 Å². The van der Waals surface area contributed by atoms with Gasteiger partial charge in [-0.3, -0.25) is 4.79 Å². The highest BCUT2D eigenvalue weighted by molar-refractivity contribution is 5.80. The first-order chi connectivity index (χ1) is 8.49. The number of benzene rings is 1. The normalized spacial score (nSPS) is 12.4. The smallest absolute Gasteiger partial charge is 0.248 e. The molecule has 0 bridgehead atoms. The van der Waals surface area contributed by atoms with E-state index in [0.29, 0.717) is 19.1 Å². The molecule has 0 aromatic heterocycles. The fourth-order valence-corrected chi connectivity index (χ4v) is 1.36. The largest absolute Gasteiger partial charge is 0.399 e. The number of hydrogen-bond acceptors (Lipinski definition) is 3. The zero-order valence-electron chi connectivity index (χ0n) is 11.3. The fourth-order valence-electron chi connectivity index (χ4n) is 1.36. The first-order valence-electron chi connectivity index (χ1n) is 6.22. The first kappa shape index (κ1) is 14.5. The second-order valence-electron chi connectivity index (χ2n) is 4.83. The third-order valence-electron chi connectivity index (χ3n) is 2.53. The maximum Gasteiger partial charge on any atom is 0.248 e. The molecule has 0 saturated carbocycles. The van der Waals surface area contributed by atoms with Crippen LogP contribution in [-0.2, 0) is 16.1 Å². The second-order valence-corrected chi connectivity index (χ2v) is 4.83. The summed E-state index contributed by atoms with van der Waals surface area (Å²) in [4.78, 5) is 11.7. The van der Waals surface area contributed by atoms with Gasteiger partial charge in [-0.05, 0) is 30.5 Å². The summed E-state index contributed by atoms with van der Waals surface area (Å²) in [6, 6.07) is 7.44. The number of ether oxygens (including phenoxy) is 1. The van der Waals surface area contributed by atoms with Gasteiger partial charge in [-0.2, -0.15) is 0 Å². The lowest BCUT2D eigenvalue weighted by molar-refractivity contribution is -0.132. The van der Waals surface area contributed by atoms with Crippen molar-refractivity contribution in [2.24, 2.45) is 5.92 Å². The van der Waals surface area contributed by atoms with Crippen LogP contribution in [0.15, 0.2) is 24.3 Å². The standard InChI is InChI=1S/C14H22N2O2/c1-10(2)8-16-14(17)11(3)18-9-12-4-6-13(15)7-5-12/h4-7,10-11H,8-9,15H2,1-3H3,(H,16,17). The van der Waals surface area contributed by atoms with Crippen LogP contribution in [0.3, 0.4) is 0 Å². The third kappa shape index (κ3) is 5.19. The molecular weight excluding hydrogens is 228 g/mol. The number of nitrogen functional groups attached to an aromatic ring is 1. The number of nitrogens with two attached hydrogens (primary N) is 1. The molecule has 4 nitrogen and oxygen atoms in total. The van der Waals surface area contributed by atoms with Gasteiger partial charge in [0.25, 0.3) is 0 Å². The lowest BCUT2D eigenvalue weighted by Gasteiger charge is -2.14. The van der Waals surface area contributed by atoms with Crippen molar-refractivity contribution in [2.45, 2.75) is 33.5 Å². The molecule has 0 aliphatic carbocycles. The summed E-state index contributed by atoms with van der Waals surface area (Å²) in [7, 11) is 0. The lowest BCUT2D eigenvalue weighted by Crippen LogP contribution is -2.36. The van der Waals surface area contributed by atoms with Gasteiger partial charge in [0, 0.05) is 12.2 Å². The van der Waals surface area contributed by atoms with Crippen molar-refractivity contribution in [3.63, 3.8) is 0 Å². The van der Waals surface area contributed by atoms with E-state index in [9.17, 15) is 4.79 Å². The molecule has 0 radical (unpaired) electrons. The van der Waals surface area contributed by atoms with Gasteiger partial charge < -0.3 is 15.8 Å². The van der Waals surface area contributed by atoms with Crippen LogP contribution >= 0.6 is 0 Å². The molecule has 1 rings (SSSR count).